The summed E-state index contributed by atoms with van der Waals surface area (Å²) in [6.45, 7) is 0.769. The first-order valence-electron chi connectivity index (χ1n) is 7.79. The van der Waals surface area contributed by atoms with Crippen molar-refractivity contribution in [2.75, 3.05) is 13.6 Å². The van der Waals surface area contributed by atoms with Gasteiger partial charge >= 0.3 is 6.03 Å². The maximum atomic E-state index is 11.9. The van der Waals surface area contributed by atoms with Crippen molar-refractivity contribution in [3.05, 3.63) is 33.8 Å². The molecule has 0 aromatic heterocycles. The van der Waals surface area contributed by atoms with E-state index in [2.05, 4.69) is 10.6 Å². The molecule has 1 aromatic carbocycles. The molecule has 126 valence electrons. The third-order valence-electron chi connectivity index (χ3n) is 3.91. The smallest absolute Gasteiger partial charge is 0.321 e. The molecule has 1 fully saturated rings. The SMILES string of the molecule is C[NH+](CC(=O)NC(=O)NC1CCCC1)Cc1ccc(Cl)cc1Cl. The fourth-order valence-electron chi connectivity index (χ4n) is 2.79. The number of amides is 3. The molecule has 1 aliphatic carbocycles. The van der Waals surface area contributed by atoms with E-state index in [1.54, 1.807) is 12.1 Å². The lowest BCUT2D eigenvalue weighted by molar-refractivity contribution is -0.885. The summed E-state index contributed by atoms with van der Waals surface area (Å²) in [7, 11) is 1.87. The van der Waals surface area contributed by atoms with Crippen LogP contribution in [0.1, 0.15) is 31.2 Å². The van der Waals surface area contributed by atoms with Crippen LogP contribution in [0, 0.1) is 0 Å². The van der Waals surface area contributed by atoms with Crippen molar-refractivity contribution in [3.63, 3.8) is 0 Å². The zero-order valence-corrected chi connectivity index (χ0v) is 14.6. The van der Waals surface area contributed by atoms with Gasteiger partial charge in [-0.3, -0.25) is 10.1 Å². The van der Waals surface area contributed by atoms with Gasteiger partial charge in [-0.05, 0) is 25.0 Å². The Bertz CT molecular complexity index is 574. The molecule has 3 amide bonds. The molecule has 3 N–H and O–H groups in total. The van der Waals surface area contributed by atoms with Crippen molar-refractivity contribution in [2.45, 2.75) is 38.3 Å². The van der Waals surface area contributed by atoms with Crippen LogP contribution in [0.2, 0.25) is 10.0 Å². The van der Waals surface area contributed by atoms with E-state index >= 15 is 0 Å². The number of carbonyl (C=O) groups excluding carboxylic acids is 2. The summed E-state index contributed by atoms with van der Waals surface area (Å²) in [5, 5.41) is 6.38. The maximum absolute atomic E-state index is 11.9. The van der Waals surface area contributed by atoms with Gasteiger partial charge in [0.25, 0.3) is 5.91 Å². The standard InChI is InChI=1S/C16H21Cl2N3O2/c1-21(9-11-6-7-12(17)8-14(11)18)10-15(22)20-16(23)19-13-4-2-3-5-13/h6-8,13H,2-5,9-10H2,1H3,(H2,19,20,22,23)/p+1. The minimum atomic E-state index is -0.403. The zero-order chi connectivity index (χ0) is 16.8. The van der Waals surface area contributed by atoms with Crippen LogP contribution >= 0.6 is 23.2 Å². The molecule has 0 aliphatic heterocycles. The second-order valence-electron chi connectivity index (χ2n) is 6.05. The zero-order valence-electron chi connectivity index (χ0n) is 13.1. The van der Waals surface area contributed by atoms with Crippen LogP contribution in [-0.2, 0) is 11.3 Å². The molecule has 1 saturated carbocycles. The van der Waals surface area contributed by atoms with Crippen molar-refractivity contribution in [2.24, 2.45) is 0 Å². The van der Waals surface area contributed by atoms with Crippen molar-refractivity contribution in [1.82, 2.24) is 10.6 Å². The van der Waals surface area contributed by atoms with Gasteiger partial charge in [-0.25, -0.2) is 4.79 Å². The largest absolute Gasteiger partial charge is 0.335 e. The van der Waals surface area contributed by atoms with Crippen molar-refractivity contribution >= 4 is 35.1 Å². The highest BCUT2D eigenvalue weighted by molar-refractivity contribution is 6.35. The lowest BCUT2D eigenvalue weighted by atomic mass is 10.2. The Morgan fingerprint density at radius 1 is 1.26 bits per heavy atom. The van der Waals surface area contributed by atoms with Gasteiger partial charge in [0, 0.05) is 16.6 Å². The molecule has 23 heavy (non-hydrogen) atoms. The first kappa shape index (κ1) is 18.0. The predicted octanol–water partition coefficient (Wildman–Crippen LogP) is 1.78. The van der Waals surface area contributed by atoms with Crippen molar-refractivity contribution < 1.29 is 14.5 Å². The van der Waals surface area contributed by atoms with Crippen LogP contribution < -0.4 is 15.5 Å². The Hall–Kier alpha value is -1.30. The highest BCUT2D eigenvalue weighted by Crippen LogP contribution is 2.20. The van der Waals surface area contributed by atoms with E-state index in [1.807, 2.05) is 13.1 Å². The second kappa shape index (κ2) is 8.52. The number of benzene rings is 1. The predicted molar refractivity (Wildman–Crippen MR) is 90.9 cm³/mol. The van der Waals surface area contributed by atoms with Crippen molar-refractivity contribution in [3.8, 4) is 0 Å². The Morgan fingerprint density at radius 3 is 2.61 bits per heavy atom. The molecule has 0 heterocycles. The van der Waals surface area contributed by atoms with Crippen LogP contribution in [0.15, 0.2) is 18.2 Å². The summed E-state index contributed by atoms with van der Waals surface area (Å²) >= 11 is 12.0. The van der Waals surface area contributed by atoms with Crippen molar-refractivity contribution in [1.29, 1.82) is 0 Å². The molecule has 7 heteroatoms. The van der Waals surface area contributed by atoms with Crippen LogP contribution in [0.5, 0.6) is 0 Å². The number of carbonyl (C=O) groups is 2. The summed E-state index contributed by atoms with van der Waals surface area (Å²) in [5.41, 5.74) is 0.914. The molecule has 0 radical (unpaired) electrons. The molecule has 0 bridgehead atoms. The highest BCUT2D eigenvalue weighted by Gasteiger charge is 2.19. The number of halogens is 2. The molecule has 1 atom stereocenters. The van der Waals surface area contributed by atoms with E-state index in [-0.39, 0.29) is 18.5 Å². The number of nitrogens with one attached hydrogen (secondary N) is 3. The number of rotatable bonds is 5. The topological polar surface area (TPSA) is 62.6 Å². The molecular formula is C16H22Cl2N3O2+. The molecule has 5 nitrogen and oxygen atoms in total. The van der Waals surface area contributed by atoms with Gasteiger partial charge in [0.15, 0.2) is 6.54 Å². The van der Waals surface area contributed by atoms with Crippen LogP contribution in [0.3, 0.4) is 0 Å². The van der Waals surface area contributed by atoms with E-state index < -0.39 is 6.03 Å². The number of likely N-dealkylation sites (N-methyl/N-ethyl adjacent to an activating group) is 1. The Balaban J connectivity index is 1.76. The van der Waals surface area contributed by atoms with Gasteiger partial charge in [0.1, 0.15) is 6.54 Å². The Labute approximate surface area is 146 Å². The van der Waals surface area contributed by atoms with E-state index in [0.29, 0.717) is 16.6 Å². The van der Waals surface area contributed by atoms with Gasteiger partial charge in [-0.2, -0.15) is 0 Å². The first-order chi connectivity index (χ1) is 10.9. The third kappa shape index (κ3) is 6.01. The number of urea groups is 1. The number of hydrogen-bond acceptors (Lipinski definition) is 2. The van der Waals surface area contributed by atoms with Gasteiger partial charge in [0.05, 0.1) is 12.1 Å². The highest BCUT2D eigenvalue weighted by atomic mass is 35.5. The van der Waals surface area contributed by atoms with Gasteiger partial charge in [-0.15, -0.1) is 0 Å². The summed E-state index contributed by atoms with van der Waals surface area (Å²) in [6.07, 6.45) is 4.24. The first-order valence-corrected chi connectivity index (χ1v) is 8.55. The summed E-state index contributed by atoms with van der Waals surface area (Å²) in [4.78, 5) is 24.6. The van der Waals surface area contributed by atoms with Crippen LogP contribution in [0.4, 0.5) is 4.79 Å². The fourth-order valence-corrected chi connectivity index (χ4v) is 3.26. The maximum Gasteiger partial charge on any atom is 0.321 e. The van der Waals surface area contributed by atoms with Crippen LogP contribution in [-0.4, -0.2) is 31.6 Å². The van der Waals surface area contributed by atoms with E-state index in [0.717, 1.165) is 36.1 Å². The quantitative estimate of drug-likeness (QED) is 0.751. The molecule has 0 saturated heterocycles. The minimum Gasteiger partial charge on any atom is -0.335 e. The Kier molecular flexibility index (Phi) is 6.69. The summed E-state index contributed by atoms with van der Waals surface area (Å²) in [5.74, 6) is -0.303. The van der Waals surface area contributed by atoms with Gasteiger partial charge in [0.2, 0.25) is 0 Å². The average Bonchev–Trinajstić information content (AvgIpc) is 2.94. The third-order valence-corrected chi connectivity index (χ3v) is 4.50. The van der Waals surface area contributed by atoms with Crippen LogP contribution in [0.25, 0.3) is 0 Å². The van der Waals surface area contributed by atoms with Gasteiger partial charge < -0.3 is 10.2 Å². The fraction of sp³-hybridized carbons (Fsp3) is 0.500. The van der Waals surface area contributed by atoms with Gasteiger partial charge in [-0.1, -0.05) is 42.1 Å². The lowest BCUT2D eigenvalue weighted by Crippen LogP contribution is -3.09. The van der Waals surface area contributed by atoms with E-state index in [1.165, 1.54) is 0 Å². The minimum absolute atomic E-state index is 0.192. The van der Waals surface area contributed by atoms with E-state index in [9.17, 15) is 9.59 Å². The average molecular weight is 359 g/mol. The Morgan fingerprint density at radius 2 is 1.96 bits per heavy atom. The molecule has 1 aliphatic rings. The van der Waals surface area contributed by atoms with E-state index in [4.69, 9.17) is 23.2 Å². The second-order valence-corrected chi connectivity index (χ2v) is 6.89. The molecule has 0 spiro atoms. The molecule has 2 rings (SSSR count). The summed E-state index contributed by atoms with van der Waals surface area (Å²) < 4.78 is 0. The normalized spacial score (nSPS) is 16.1. The monoisotopic (exact) mass is 358 g/mol. The lowest BCUT2D eigenvalue weighted by Gasteiger charge is -2.16. The number of imide groups is 1. The molecule has 1 unspecified atom stereocenters. The summed E-state index contributed by atoms with van der Waals surface area (Å²) in [6, 6.07) is 5.09. The number of quaternary nitrogens is 1. The molecule has 1 aromatic rings. The number of hydrogen-bond donors (Lipinski definition) is 3. The molecular weight excluding hydrogens is 337 g/mol.